The molecule has 4 heteroatoms. The molecule has 1 N–H and O–H groups in total. The predicted octanol–water partition coefficient (Wildman–Crippen LogP) is 3.21. The first kappa shape index (κ1) is 15.1. The molecular formula is C17H16N2OS. The molecule has 0 fully saturated rings. The van der Waals surface area contributed by atoms with Crippen LogP contribution in [0.25, 0.3) is 0 Å². The van der Waals surface area contributed by atoms with Gasteiger partial charge >= 0.3 is 0 Å². The first-order valence-electron chi connectivity index (χ1n) is 6.53. The van der Waals surface area contributed by atoms with Crippen molar-refractivity contribution in [3.63, 3.8) is 0 Å². The van der Waals surface area contributed by atoms with E-state index < -0.39 is 0 Å². The van der Waals surface area contributed by atoms with Gasteiger partial charge in [0.2, 0.25) is 0 Å². The third kappa shape index (κ3) is 3.87. The molecule has 1 aromatic carbocycles. The molecule has 2 rings (SSSR count). The zero-order valence-electron chi connectivity index (χ0n) is 12.0. The molecular weight excluding hydrogens is 280 g/mol. The summed E-state index contributed by atoms with van der Waals surface area (Å²) in [7, 11) is 0. The number of hydrogen-bond acceptors (Lipinski definition) is 3. The average Bonchev–Trinajstić information content (AvgIpc) is 2.49. The highest BCUT2D eigenvalue weighted by molar-refractivity contribution is 7.99. The van der Waals surface area contributed by atoms with E-state index in [4.69, 9.17) is 6.42 Å². The molecule has 0 saturated carbocycles. The Labute approximate surface area is 129 Å². The molecule has 1 aromatic heterocycles. The number of terminal acetylenes is 1. The summed E-state index contributed by atoms with van der Waals surface area (Å²) < 4.78 is 0. The Bertz CT molecular complexity index is 704. The Kier molecular flexibility index (Phi) is 5.02. The van der Waals surface area contributed by atoms with Gasteiger partial charge in [0.15, 0.2) is 0 Å². The molecule has 0 bridgehead atoms. The van der Waals surface area contributed by atoms with Crippen LogP contribution in [-0.4, -0.2) is 17.4 Å². The fraction of sp³-hybridized carbons (Fsp3) is 0.176. The van der Waals surface area contributed by atoms with Crippen LogP contribution in [0.1, 0.15) is 21.5 Å². The van der Waals surface area contributed by atoms with Gasteiger partial charge in [-0.1, -0.05) is 29.8 Å². The molecule has 0 spiro atoms. The van der Waals surface area contributed by atoms with Gasteiger partial charge in [0, 0.05) is 11.1 Å². The van der Waals surface area contributed by atoms with Crippen LogP contribution in [0.2, 0.25) is 0 Å². The smallest absolute Gasteiger partial charge is 0.254 e. The van der Waals surface area contributed by atoms with E-state index >= 15 is 0 Å². The van der Waals surface area contributed by atoms with Gasteiger partial charge < -0.3 is 5.32 Å². The number of aryl methyl sites for hydroxylation is 2. The van der Waals surface area contributed by atoms with Crippen molar-refractivity contribution in [3.05, 3.63) is 53.2 Å². The molecule has 1 amide bonds. The summed E-state index contributed by atoms with van der Waals surface area (Å²) in [6, 6.07) is 9.74. The summed E-state index contributed by atoms with van der Waals surface area (Å²) in [6.07, 6.45) is 6.85. The number of aromatic nitrogens is 1. The molecule has 0 radical (unpaired) electrons. The maximum atomic E-state index is 12.1. The Morgan fingerprint density at radius 2 is 2.19 bits per heavy atom. The highest BCUT2D eigenvalue weighted by Crippen LogP contribution is 2.31. The number of nitrogens with one attached hydrogen (secondary N) is 1. The number of carbonyl (C=O) groups excluding carboxylic acids is 1. The van der Waals surface area contributed by atoms with E-state index in [1.54, 1.807) is 18.3 Å². The van der Waals surface area contributed by atoms with Crippen LogP contribution >= 0.6 is 11.8 Å². The van der Waals surface area contributed by atoms with E-state index in [1.807, 2.05) is 13.8 Å². The molecule has 106 valence electrons. The Morgan fingerprint density at radius 1 is 1.38 bits per heavy atom. The van der Waals surface area contributed by atoms with Gasteiger partial charge in [-0.3, -0.25) is 4.79 Å². The summed E-state index contributed by atoms with van der Waals surface area (Å²) >= 11 is 1.49. The Morgan fingerprint density at radius 3 is 2.95 bits per heavy atom. The van der Waals surface area contributed by atoms with Gasteiger partial charge in [-0.2, -0.15) is 0 Å². The molecule has 0 saturated heterocycles. The lowest BCUT2D eigenvalue weighted by Crippen LogP contribution is -2.24. The number of pyridine rings is 1. The summed E-state index contributed by atoms with van der Waals surface area (Å²) in [5, 5.41) is 3.35. The molecule has 3 nitrogen and oxygen atoms in total. The van der Waals surface area contributed by atoms with Crippen LogP contribution in [0.4, 0.5) is 0 Å². The van der Waals surface area contributed by atoms with Gasteiger partial charge in [0.05, 0.1) is 12.1 Å². The first-order valence-corrected chi connectivity index (χ1v) is 7.35. The van der Waals surface area contributed by atoms with E-state index in [2.05, 4.69) is 34.4 Å². The zero-order valence-corrected chi connectivity index (χ0v) is 12.8. The van der Waals surface area contributed by atoms with Crippen molar-refractivity contribution in [2.75, 3.05) is 6.54 Å². The molecule has 2 aromatic rings. The third-order valence-electron chi connectivity index (χ3n) is 2.92. The summed E-state index contributed by atoms with van der Waals surface area (Å²) in [5.74, 6) is 2.19. The molecule has 0 aliphatic carbocycles. The fourth-order valence-corrected chi connectivity index (χ4v) is 2.86. The molecule has 21 heavy (non-hydrogen) atoms. The van der Waals surface area contributed by atoms with Gasteiger partial charge in [-0.15, -0.1) is 6.42 Å². The Hall–Kier alpha value is -2.25. The number of rotatable bonds is 4. The summed E-state index contributed by atoms with van der Waals surface area (Å²) in [6.45, 7) is 4.30. The van der Waals surface area contributed by atoms with E-state index in [9.17, 15) is 4.79 Å². The van der Waals surface area contributed by atoms with Crippen LogP contribution in [-0.2, 0) is 0 Å². The van der Waals surface area contributed by atoms with Crippen molar-refractivity contribution in [3.8, 4) is 12.3 Å². The molecule has 1 heterocycles. The van der Waals surface area contributed by atoms with Crippen molar-refractivity contribution < 1.29 is 4.79 Å². The van der Waals surface area contributed by atoms with Crippen LogP contribution in [0, 0.1) is 26.2 Å². The van der Waals surface area contributed by atoms with Gasteiger partial charge in [-0.25, -0.2) is 4.98 Å². The van der Waals surface area contributed by atoms with E-state index in [0.29, 0.717) is 10.6 Å². The largest absolute Gasteiger partial charge is 0.341 e. The minimum absolute atomic E-state index is 0.200. The monoisotopic (exact) mass is 296 g/mol. The van der Waals surface area contributed by atoms with Crippen molar-refractivity contribution >= 4 is 17.7 Å². The number of hydrogen-bond donors (Lipinski definition) is 1. The van der Waals surface area contributed by atoms with Crippen LogP contribution in [0.15, 0.2) is 46.5 Å². The van der Waals surface area contributed by atoms with Crippen molar-refractivity contribution in [1.29, 1.82) is 0 Å². The van der Waals surface area contributed by atoms with Gasteiger partial charge in [-0.05, 0) is 43.2 Å². The van der Waals surface area contributed by atoms with Gasteiger partial charge in [0.25, 0.3) is 5.91 Å². The molecule has 0 unspecified atom stereocenters. The predicted molar refractivity (Wildman–Crippen MR) is 85.4 cm³/mol. The van der Waals surface area contributed by atoms with Crippen LogP contribution in [0.5, 0.6) is 0 Å². The van der Waals surface area contributed by atoms with Crippen LogP contribution in [0.3, 0.4) is 0 Å². The maximum Gasteiger partial charge on any atom is 0.254 e. The normalized spacial score (nSPS) is 9.95. The second kappa shape index (κ2) is 6.96. The third-order valence-corrected chi connectivity index (χ3v) is 4.10. The van der Waals surface area contributed by atoms with E-state index in [1.165, 1.54) is 17.3 Å². The highest BCUT2D eigenvalue weighted by atomic mass is 32.2. The standard InChI is InChI=1S/C17H16N2OS/c1-4-9-18-16(20)14-6-5-10-19-17(14)21-15-11-12(2)7-8-13(15)3/h1,5-8,10-11H,9H2,2-3H3,(H,18,20). The molecule has 0 aliphatic heterocycles. The maximum absolute atomic E-state index is 12.1. The lowest BCUT2D eigenvalue weighted by atomic mass is 10.2. The van der Waals surface area contributed by atoms with Crippen molar-refractivity contribution in [2.24, 2.45) is 0 Å². The molecule has 0 atom stereocenters. The molecule has 0 aliphatic rings. The first-order chi connectivity index (χ1) is 10.1. The second-order valence-corrected chi connectivity index (χ2v) is 5.64. The minimum atomic E-state index is -0.200. The van der Waals surface area contributed by atoms with Crippen molar-refractivity contribution in [1.82, 2.24) is 10.3 Å². The number of carbonyl (C=O) groups is 1. The zero-order chi connectivity index (χ0) is 15.2. The number of benzene rings is 1. The van der Waals surface area contributed by atoms with Gasteiger partial charge in [0.1, 0.15) is 5.03 Å². The Balaban J connectivity index is 2.30. The topological polar surface area (TPSA) is 42.0 Å². The van der Waals surface area contributed by atoms with E-state index in [0.717, 1.165) is 10.5 Å². The van der Waals surface area contributed by atoms with Crippen LogP contribution < -0.4 is 5.32 Å². The summed E-state index contributed by atoms with van der Waals surface area (Å²) in [4.78, 5) is 17.5. The SMILES string of the molecule is C#CCNC(=O)c1cccnc1Sc1cc(C)ccc1C. The number of nitrogens with zero attached hydrogens (tertiary/aromatic N) is 1. The summed E-state index contributed by atoms with van der Waals surface area (Å²) in [5.41, 5.74) is 2.88. The van der Waals surface area contributed by atoms with E-state index in [-0.39, 0.29) is 12.5 Å². The lowest BCUT2D eigenvalue weighted by Gasteiger charge is -2.10. The fourth-order valence-electron chi connectivity index (χ4n) is 1.79. The lowest BCUT2D eigenvalue weighted by molar-refractivity contribution is 0.0955. The average molecular weight is 296 g/mol. The second-order valence-electron chi connectivity index (χ2n) is 4.61. The highest BCUT2D eigenvalue weighted by Gasteiger charge is 2.13. The van der Waals surface area contributed by atoms with Crippen molar-refractivity contribution in [2.45, 2.75) is 23.8 Å². The number of amides is 1. The quantitative estimate of drug-likeness (QED) is 0.881. The minimum Gasteiger partial charge on any atom is -0.341 e.